The molecule has 7 atom stereocenters. The van der Waals surface area contributed by atoms with E-state index in [2.05, 4.69) is 20.8 Å². The Morgan fingerprint density at radius 2 is 1.75 bits per heavy atom. The molecule has 4 nitrogen and oxygen atoms in total. The predicted molar refractivity (Wildman–Crippen MR) is 90.6 cm³/mol. The van der Waals surface area contributed by atoms with Crippen molar-refractivity contribution >= 4 is 5.78 Å². The highest BCUT2D eigenvalue weighted by Crippen LogP contribution is 2.65. The summed E-state index contributed by atoms with van der Waals surface area (Å²) in [5, 5.41) is 11.1. The summed E-state index contributed by atoms with van der Waals surface area (Å²) in [6, 6.07) is 0. The van der Waals surface area contributed by atoms with Crippen LogP contribution in [0.1, 0.15) is 66.7 Å². The van der Waals surface area contributed by atoms with Gasteiger partial charge in [0.05, 0.1) is 23.9 Å². The predicted octanol–water partition coefficient (Wildman–Crippen LogP) is 3.11. The Morgan fingerprint density at radius 3 is 2.38 bits per heavy atom. The minimum absolute atomic E-state index is 0.0226. The Morgan fingerprint density at radius 1 is 1.08 bits per heavy atom. The van der Waals surface area contributed by atoms with Crippen molar-refractivity contribution in [2.24, 2.45) is 22.7 Å². The number of ketones is 1. The summed E-state index contributed by atoms with van der Waals surface area (Å²) >= 11 is 0. The van der Waals surface area contributed by atoms with E-state index in [1.807, 2.05) is 13.8 Å². The number of fused-ring (bicyclic) bond motifs is 3. The molecule has 136 valence electrons. The standard InChI is InChI=1S/C20H32O4/c1-17(2)14(22)7-8-18(3)13-6-9-19(4,15-11-23-15)24-20(13,5)10-12(21)16(17)18/h12-13,15-16,21H,6-11H2,1-5H3/t12-,13+,15-,16+,18-,19+,20-/m0/s1. The number of epoxide rings is 1. The molecule has 0 aromatic carbocycles. The quantitative estimate of drug-likeness (QED) is 0.748. The first-order valence-electron chi connectivity index (χ1n) is 9.56. The molecular weight excluding hydrogens is 304 g/mol. The van der Waals surface area contributed by atoms with Gasteiger partial charge in [-0.05, 0) is 44.4 Å². The van der Waals surface area contributed by atoms with E-state index in [-0.39, 0.29) is 28.6 Å². The van der Waals surface area contributed by atoms with Gasteiger partial charge < -0.3 is 14.6 Å². The molecular formula is C20H32O4. The first kappa shape index (κ1) is 17.0. The van der Waals surface area contributed by atoms with Crippen LogP contribution in [0.5, 0.6) is 0 Å². The SMILES string of the molecule is CC1(C)C(=O)CC[C@]2(C)[C@@H]1[C@@H](O)C[C@]1(C)O[C@@](C)([C@@H]3CO3)CC[C@H]21. The summed E-state index contributed by atoms with van der Waals surface area (Å²) in [4.78, 5) is 12.5. The lowest BCUT2D eigenvalue weighted by Gasteiger charge is -2.66. The second-order valence-electron chi connectivity index (χ2n) is 10.0. The van der Waals surface area contributed by atoms with E-state index in [1.54, 1.807) is 0 Å². The first-order valence-corrected chi connectivity index (χ1v) is 9.56. The first-order chi connectivity index (χ1) is 11.0. The molecule has 0 amide bonds. The lowest BCUT2D eigenvalue weighted by atomic mass is 9.43. The van der Waals surface area contributed by atoms with E-state index < -0.39 is 11.5 Å². The second kappa shape index (κ2) is 4.83. The van der Waals surface area contributed by atoms with Crippen molar-refractivity contribution < 1.29 is 19.4 Å². The monoisotopic (exact) mass is 336 g/mol. The van der Waals surface area contributed by atoms with Gasteiger partial charge in [-0.25, -0.2) is 0 Å². The van der Waals surface area contributed by atoms with Gasteiger partial charge in [0.2, 0.25) is 0 Å². The molecule has 0 spiro atoms. The maximum Gasteiger partial charge on any atom is 0.138 e. The van der Waals surface area contributed by atoms with Crippen LogP contribution < -0.4 is 0 Å². The number of aliphatic hydroxyl groups excluding tert-OH is 1. The van der Waals surface area contributed by atoms with Crippen LogP contribution in [-0.2, 0) is 14.3 Å². The number of carbonyl (C=O) groups excluding carboxylic acids is 1. The van der Waals surface area contributed by atoms with Crippen molar-refractivity contribution in [3.05, 3.63) is 0 Å². The number of Topliss-reactive ketones (excluding diaryl/α,β-unsaturated/α-hetero) is 1. The molecule has 2 heterocycles. The van der Waals surface area contributed by atoms with Gasteiger partial charge >= 0.3 is 0 Å². The van der Waals surface area contributed by atoms with Gasteiger partial charge in [0.25, 0.3) is 0 Å². The maximum atomic E-state index is 12.5. The number of ether oxygens (including phenoxy) is 2. The van der Waals surface area contributed by atoms with Gasteiger partial charge in [-0.3, -0.25) is 4.79 Å². The smallest absolute Gasteiger partial charge is 0.138 e. The van der Waals surface area contributed by atoms with E-state index in [4.69, 9.17) is 9.47 Å². The topological polar surface area (TPSA) is 59.1 Å². The second-order valence-corrected chi connectivity index (χ2v) is 10.0. The van der Waals surface area contributed by atoms with Crippen LogP contribution in [0.15, 0.2) is 0 Å². The van der Waals surface area contributed by atoms with Gasteiger partial charge in [-0.1, -0.05) is 20.8 Å². The number of aliphatic hydroxyl groups is 1. The molecule has 0 bridgehead atoms. The molecule has 2 saturated carbocycles. The van der Waals surface area contributed by atoms with Crippen LogP contribution in [-0.4, -0.2) is 40.9 Å². The number of hydrogen-bond donors (Lipinski definition) is 1. The van der Waals surface area contributed by atoms with E-state index in [1.165, 1.54) is 0 Å². The van der Waals surface area contributed by atoms with E-state index >= 15 is 0 Å². The van der Waals surface area contributed by atoms with Gasteiger partial charge in [0.1, 0.15) is 11.9 Å². The molecule has 1 N–H and O–H groups in total. The molecule has 4 heteroatoms. The summed E-state index contributed by atoms with van der Waals surface area (Å²) in [6.45, 7) is 11.5. The third-order valence-corrected chi connectivity index (χ3v) is 8.04. The van der Waals surface area contributed by atoms with E-state index in [0.717, 1.165) is 25.9 Å². The van der Waals surface area contributed by atoms with Gasteiger partial charge in [0, 0.05) is 24.2 Å². The summed E-state index contributed by atoms with van der Waals surface area (Å²) in [6.07, 6.45) is 3.94. The summed E-state index contributed by atoms with van der Waals surface area (Å²) < 4.78 is 12.2. The lowest BCUT2D eigenvalue weighted by Crippen LogP contribution is -2.68. The number of rotatable bonds is 1. The highest BCUT2D eigenvalue weighted by molar-refractivity contribution is 5.85. The summed E-state index contributed by atoms with van der Waals surface area (Å²) in [7, 11) is 0. The fraction of sp³-hybridized carbons (Fsp3) is 0.950. The summed E-state index contributed by atoms with van der Waals surface area (Å²) in [5.74, 6) is 0.715. The molecule has 0 aromatic heterocycles. The lowest BCUT2D eigenvalue weighted by molar-refractivity contribution is -0.286. The average Bonchev–Trinajstić information content (AvgIpc) is 3.26. The fourth-order valence-electron chi connectivity index (χ4n) is 6.93. The Kier molecular flexibility index (Phi) is 3.42. The molecule has 2 aliphatic carbocycles. The van der Waals surface area contributed by atoms with Crippen LogP contribution >= 0.6 is 0 Å². The third-order valence-electron chi connectivity index (χ3n) is 8.04. The highest BCUT2D eigenvalue weighted by atomic mass is 16.6. The fourth-order valence-corrected chi connectivity index (χ4v) is 6.93. The number of carbonyl (C=O) groups is 1. The van der Waals surface area contributed by atoms with Crippen LogP contribution in [0.3, 0.4) is 0 Å². The molecule has 4 fully saturated rings. The van der Waals surface area contributed by atoms with Crippen LogP contribution in [0.2, 0.25) is 0 Å². The highest BCUT2D eigenvalue weighted by Gasteiger charge is 2.67. The van der Waals surface area contributed by atoms with Crippen LogP contribution in [0.4, 0.5) is 0 Å². The Balaban J connectivity index is 1.71. The van der Waals surface area contributed by atoms with Crippen molar-refractivity contribution in [2.45, 2.75) is 90.1 Å². The molecule has 0 radical (unpaired) electrons. The minimum atomic E-state index is -0.488. The molecule has 0 unspecified atom stereocenters. The van der Waals surface area contributed by atoms with Crippen LogP contribution in [0, 0.1) is 22.7 Å². The Bertz CT molecular complexity index is 568. The molecule has 4 rings (SSSR count). The molecule has 24 heavy (non-hydrogen) atoms. The van der Waals surface area contributed by atoms with Crippen molar-refractivity contribution in [3.63, 3.8) is 0 Å². The van der Waals surface area contributed by atoms with Gasteiger partial charge in [0.15, 0.2) is 0 Å². The molecule has 4 aliphatic rings. The molecule has 0 aromatic rings. The van der Waals surface area contributed by atoms with Crippen molar-refractivity contribution in [1.29, 1.82) is 0 Å². The Hall–Kier alpha value is -0.450. The largest absolute Gasteiger partial charge is 0.393 e. The van der Waals surface area contributed by atoms with Crippen molar-refractivity contribution in [3.8, 4) is 0 Å². The van der Waals surface area contributed by atoms with Crippen molar-refractivity contribution in [2.75, 3.05) is 6.61 Å². The summed E-state index contributed by atoms with van der Waals surface area (Å²) in [5.41, 5.74) is -1.06. The maximum absolute atomic E-state index is 12.5. The molecule has 2 saturated heterocycles. The van der Waals surface area contributed by atoms with E-state index in [0.29, 0.717) is 24.5 Å². The van der Waals surface area contributed by atoms with Gasteiger partial charge in [-0.15, -0.1) is 0 Å². The van der Waals surface area contributed by atoms with Gasteiger partial charge in [-0.2, -0.15) is 0 Å². The Labute approximate surface area is 145 Å². The van der Waals surface area contributed by atoms with Crippen LogP contribution in [0.25, 0.3) is 0 Å². The zero-order valence-corrected chi connectivity index (χ0v) is 15.7. The normalized spacial score (nSPS) is 56.3. The van der Waals surface area contributed by atoms with E-state index in [9.17, 15) is 9.90 Å². The molecule has 2 aliphatic heterocycles. The third kappa shape index (κ3) is 2.12. The minimum Gasteiger partial charge on any atom is -0.393 e. The zero-order chi connectivity index (χ0) is 17.5. The number of hydrogen-bond acceptors (Lipinski definition) is 4. The average molecular weight is 336 g/mol. The zero-order valence-electron chi connectivity index (χ0n) is 15.7. The van der Waals surface area contributed by atoms with Crippen molar-refractivity contribution in [1.82, 2.24) is 0 Å².